The smallest absolute Gasteiger partial charge is 0.138 e. The number of halogens is 1. The summed E-state index contributed by atoms with van der Waals surface area (Å²) in [4.78, 5) is 0. The van der Waals surface area contributed by atoms with Crippen molar-refractivity contribution in [2.45, 2.75) is 45.6 Å². The largest absolute Gasteiger partial charge is 0.489 e. The maximum absolute atomic E-state index is 6.27. The van der Waals surface area contributed by atoms with Gasteiger partial charge in [0.1, 0.15) is 11.9 Å². The van der Waals surface area contributed by atoms with E-state index in [1.54, 1.807) is 0 Å². The molecule has 1 N–H and O–H groups in total. The van der Waals surface area contributed by atoms with Crippen LogP contribution in [0.2, 0.25) is 5.02 Å². The molecule has 19 heavy (non-hydrogen) atoms. The Hall–Kier alpha value is -0.730. The summed E-state index contributed by atoms with van der Waals surface area (Å²) in [7, 11) is 0. The number of hydrogen-bond donors (Lipinski definition) is 1. The third kappa shape index (κ3) is 4.12. The lowest BCUT2D eigenvalue weighted by molar-refractivity contribution is 0.131. The molecule has 2 nitrogen and oxygen atoms in total. The number of rotatable bonds is 6. The number of ether oxygens (including phenoxy) is 1. The monoisotopic (exact) mass is 281 g/mol. The third-order valence-corrected chi connectivity index (χ3v) is 4.13. The molecule has 1 saturated heterocycles. The Morgan fingerprint density at radius 2 is 2.32 bits per heavy atom. The Balaban J connectivity index is 2.05. The first-order valence-corrected chi connectivity index (χ1v) is 7.72. The minimum Gasteiger partial charge on any atom is -0.489 e. The average Bonchev–Trinajstić information content (AvgIpc) is 2.90. The Morgan fingerprint density at radius 1 is 1.47 bits per heavy atom. The van der Waals surface area contributed by atoms with Gasteiger partial charge in [-0.25, -0.2) is 0 Å². The minimum atomic E-state index is 0.287. The Kier molecular flexibility index (Phi) is 5.53. The van der Waals surface area contributed by atoms with E-state index in [1.165, 1.54) is 24.8 Å². The van der Waals surface area contributed by atoms with Gasteiger partial charge in [-0.1, -0.05) is 37.4 Å². The molecular weight excluding hydrogens is 258 g/mol. The van der Waals surface area contributed by atoms with Gasteiger partial charge >= 0.3 is 0 Å². The van der Waals surface area contributed by atoms with Gasteiger partial charge in [0.05, 0.1) is 5.02 Å². The molecule has 1 aliphatic rings. The minimum absolute atomic E-state index is 0.287. The van der Waals surface area contributed by atoms with Crippen molar-refractivity contribution in [3.63, 3.8) is 0 Å². The lowest BCUT2D eigenvalue weighted by atomic mass is 9.97. The van der Waals surface area contributed by atoms with Gasteiger partial charge in [0, 0.05) is 12.5 Å². The molecule has 0 aliphatic carbocycles. The van der Waals surface area contributed by atoms with Gasteiger partial charge in [0.2, 0.25) is 0 Å². The second-order valence-corrected chi connectivity index (χ2v) is 5.89. The molecule has 3 heteroatoms. The van der Waals surface area contributed by atoms with Crippen molar-refractivity contribution in [1.82, 2.24) is 5.32 Å². The molecule has 1 heterocycles. The normalized spacial score (nSPS) is 20.5. The molecular formula is C16H24ClNO. The van der Waals surface area contributed by atoms with Crippen LogP contribution in [0, 0.1) is 12.8 Å². The molecule has 1 aromatic rings. The summed E-state index contributed by atoms with van der Waals surface area (Å²) < 4.78 is 6.21. The first-order chi connectivity index (χ1) is 9.20. The second kappa shape index (κ2) is 7.16. The first-order valence-electron chi connectivity index (χ1n) is 7.34. The van der Waals surface area contributed by atoms with Gasteiger partial charge < -0.3 is 10.1 Å². The zero-order chi connectivity index (χ0) is 13.7. The molecule has 2 rings (SSSR count). The summed E-state index contributed by atoms with van der Waals surface area (Å²) in [5.74, 6) is 1.45. The number of nitrogens with one attached hydrogen (secondary N) is 1. The number of hydrogen-bond acceptors (Lipinski definition) is 2. The van der Waals surface area contributed by atoms with Crippen LogP contribution in [-0.4, -0.2) is 19.2 Å². The molecule has 0 amide bonds. The van der Waals surface area contributed by atoms with Crippen LogP contribution in [0.5, 0.6) is 5.75 Å². The summed E-state index contributed by atoms with van der Waals surface area (Å²) in [6, 6.07) is 6.03. The van der Waals surface area contributed by atoms with Crippen molar-refractivity contribution in [3.8, 4) is 5.75 Å². The maximum Gasteiger partial charge on any atom is 0.138 e. The van der Waals surface area contributed by atoms with E-state index >= 15 is 0 Å². The molecule has 1 aliphatic heterocycles. The SMILES string of the molecule is CCCC[C@@H](Oc1ccc(C)cc1Cl)[C@H]1CCNC1. The molecule has 0 saturated carbocycles. The summed E-state index contributed by atoms with van der Waals surface area (Å²) in [6.07, 6.45) is 5.03. The van der Waals surface area contributed by atoms with Gasteiger partial charge in [-0.05, 0) is 44.0 Å². The zero-order valence-corrected chi connectivity index (χ0v) is 12.7. The van der Waals surface area contributed by atoms with Crippen molar-refractivity contribution in [3.05, 3.63) is 28.8 Å². The predicted molar refractivity (Wildman–Crippen MR) is 81.1 cm³/mol. The van der Waals surface area contributed by atoms with Gasteiger partial charge in [0.25, 0.3) is 0 Å². The Labute approximate surface area is 121 Å². The fourth-order valence-corrected chi connectivity index (χ4v) is 2.93. The van der Waals surface area contributed by atoms with E-state index in [4.69, 9.17) is 16.3 Å². The molecule has 0 aromatic heterocycles. The standard InChI is InChI=1S/C16H24ClNO/c1-3-4-5-15(13-8-9-18-11-13)19-16-7-6-12(2)10-14(16)17/h6-7,10,13,15,18H,3-5,8-9,11H2,1-2H3/t13-,15+/m0/s1. The highest BCUT2D eigenvalue weighted by molar-refractivity contribution is 6.32. The fourth-order valence-electron chi connectivity index (χ4n) is 2.66. The van der Waals surface area contributed by atoms with Gasteiger partial charge in [0.15, 0.2) is 0 Å². The average molecular weight is 282 g/mol. The van der Waals surface area contributed by atoms with Gasteiger partial charge in [-0.15, -0.1) is 0 Å². The molecule has 106 valence electrons. The van der Waals surface area contributed by atoms with E-state index in [-0.39, 0.29) is 6.10 Å². The van der Waals surface area contributed by atoms with Gasteiger partial charge in [-0.2, -0.15) is 0 Å². The van der Waals surface area contributed by atoms with Crippen LogP contribution < -0.4 is 10.1 Å². The van der Waals surface area contributed by atoms with E-state index in [0.717, 1.165) is 30.3 Å². The van der Waals surface area contributed by atoms with E-state index in [9.17, 15) is 0 Å². The highest BCUT2D eigenvalue weighted by Gasteiger charge is 2.26. The third-order valence-electron chi connectivity index (χ3n) is 3.83. The number of aryl methyl sites for hydroxylation is 1. The molecule has 0 spiro atoms. The topological polar surface area (TPSA) is 21.3 Å². The second-order valence-electron chi connectivity index (χ2n) is 5.49. The van der Waals surface area contributed by atoms with Crippen molar-refractivity contribution < 1.29 is 4.74 Å². The molecule has 0 bridgehead atoms. The van der Waals surface area contributed by atoms with Crippen molar-refractivity contribution >= 4 is 11.6 Å². The van der Waals surface area contributed by atoms with E-state index in [1.807, 2.05) is 19.1 Å². The number of benzene rings is 1. The zero-order valence-electron chi connectivity index (χ0n) is 11.9. The lowest BCUT2D eigenvalue weighted by Crippen LogP contribution is -2.29. The number of unbranched alkanes of at least 4 members (excludes halogenated alkanes) is 1. The fraction of sp³-hybridized carbons (Fsp3) is 0.625. The molecule has 0 radical (unpaired) electrons. The molecule has 2 atom stereocenters. The van der Waals surface area contributed by atoms with Crippen molar-refractivity contribution in [2.75, 3.05) is 13.1 Å². The van der Waals surface area contributed by atoms with E-state index < -0.39 is 0 Å². The first kappa shape index (κ1) is 14.7. The summed E-state index contributed by atoms with van der Waals surface area (Å²) in [5.41, 5.74) is 1.17. The summed E-state index contributed by atoms with van der Waals surface area (Å²) in [6.45, 7) is 6.45. The van der Waals surface area contributed by atoms with Crippen LogP contribution in [0.3, 0.4) is 0 Å². The van der Waals surface area contributed by atoms with Gasteiger partial charge in [-0.3, -0.25) is 0 Å². The van der Waals surface area contributed by atoms with Crippen molar-refractivity contribution in [1.29, 1.82) is 0 Å². The summed E-state index contributed by atoms with van der Waals surface area (Å²) in [5, 5.41) is 4.15. The van der Waals surface area contributed by atoms with Crippen molar-refractivity contribution in [2.24, 2.45) is 5.92 Å². The predicted octanol–water partition coefficient (Wildman–Crippen LogP) is 4.20. The van der Waals surface area contributed by atoms with Crippen LogP contribution in [0.15, 0.2) is 18.2 Å². The van der Waals surface area contributed by atoms with Crippen LogP contribution in [0.25, 0.3) is 0 Å². The molecule has 0 unspecified atom stereocenters. The van der Waals surface area contributed by atoms with Crippen LogP contribution >= 0.6 is 11.6 Å². The van der Waals surface area contributed by atoms with Crippen LogP contribution in [0.4, 0.5) is 0 Å². The highest BCUT2D eigenvalue weighted by atomic mass is 35.5. The van der Waals surface area contributed by atoms with E-state index in [2.05, 4.69) is 18.3 Å². The molecule has 1 aromatic carbocycles. The van der Waals surface area contributed by atoms with Crippen LogP contribution in [-0.2, 0) is 0 Å². The van der Waals surface area contributed by atoms with Crippen LogP contribution in [0.1, 0.15) is 38.2 Å². The Morgan fingerprint density at radius 3 is 2.95 bits per heavy atom. The summed E-state index contributed by atoms with van der Waals surface area (Å²) >= 11 is 6.27. The highest BCUT2D eigenvalue weighted by Crippen LogP contribution is 2.30. The maximum atomic E-state index is 6.27. The van der Waals surface area contributed by atoms with E-state index in [0.29, 0.717) is 5.92 Å². The lowest BCUT2D eigenvalue weighted by Gasteiger charge is -2.25. The Bertz CT molecular complexity index is 402. The quantitative estimate of drug-likeness (QED) is 0.844. The molecule has 1 fully saturated rings.